The van der Waals surface area contributed by atoms with Crippen molar-refractivity contribution in [3.8, 4) is 0 Å². The van der Waals surface area contributed by atoms with Gasteiger partial charge in [-0.25, -0.2) is 9.98 Å². The van der Waals surface area contributed by atoms with Gasteiger partial charge in [-0.1, -0.05) is 30.8 Å². The summed E-state index contributed by atoms with van der Waals surface area (Å²) in [6.07, 6.45) is 1.83. The number of carbonyl (C=O) groups is 1. The highest BCUT2D eigenvalue weighted by Gasteiger charge is 2.49. The van der Waals surface area contributed by atoms with Gasteiger partial charge in [0.25, 0.3) is 5.91 Å². The third kappa shape index (κ3) is 4.19. The fourth-order valence-electron chi connectivity index (χ4n) is 3.71. The third-order valence-electron chi connectivity index (χ3n) is 5.14. The molecule has 1 unspecified atom stereocenters. The van der Waals surface area contributed by atoms with Crippen LogP contribution < -0.4 is 11.1 Å². The van der Waals surface area contributed by atoms with Crippen LogP contribution in [0.2, 0.25) is 0 Å². The van der Waals surface area contributed by atoms with Crippen LogP contribution in [0.5, 0.6) is 0 Å². The summed E-state index contributed by atoms with van der Waals surface area (Å²) in [7, 11) is 0. The largest absolute Gasteiger partial charge is 0.379 e. The maximum absolute atomic E-state index is 12.5. The molecular formula is C19H25N5O3S2. The standard InChI is InChI=1S/C19H25N5O3S2/c1-10(2)4-13-6-14(24-27-13)16(25)21-15-8-28-17(22-15)19-9-26-11(3)5-12(19)7-29-18(20)23-19/h6,8,10-12H,4-5,7,9H2,1-3H3,(H2,20,23)(H,21,25)/t11-,12-,19?/m0/s1. The average Bonchev–Trinajstić information content (AvgIpc) is 3.31. The number of rotatable bonds is 5. The first-order chi connectivity index (χ1) is 13.9. The van der Waals surface area contributed by atoms with Gasteiger partial charge in [-0.3, -0.25) is 4.79 Å². The van der Waals surface area contributed by atoms with Crippen LogP contribution in [0.25, 0.3) is 0 Å². The number of thiazole rings is 1. The van der Waals surface area contributed by atoms with E-state index in [1.54, 1.807) is 17.8 Å². The van der Waals surface area contributed by atoms with E-state index in [4.69, 9.17) is 20.0 Å². The molecule has 2 aromatic rings. The fraction of sp³-hybridized carbons (Fsp3) is 0.579. The Morgan fingerprint density at radius 3 is 3.10 bits per heavy atom. The Hall–Kier alpha value is -1.91. The van der Waals surface area contributed by atoms with Crippen molar-refractivity contribution in [2.24, 2.45) is 22.6 Å². The van der Waals surface area contributed by atoms with Gasteiger partial charge in [-0.2, -0.15) is 0 Å². The number of hydrogen-bond acceptors (Lipinski definition) is 9. The molecule has 8 nitrogen and oxygen atoms in total. The van der Waals surface area contributed by atoms with Gasteiger partial charge >= 0.3 is 0 Å². The molecule has 3 atom stereocenters. The lowest BCUT2D eigenvalue weighted by atomic mass is 9.80. The van der Waals surface area contributed by atoms with Gasteiger partial charge in [0.05, 0.1) is 12.7 Å². The molecule has 1 saturated heterocycles. The van der Waals surface area contributed by atoms with E-state index in [1.165, 1.54) is 11.3 Å². The maximum atomic E-state index is 12.5. The molecule has 0 saturated carbocycles. The second kappa shape index (κ2) is 8.08. The molecule has 0 spiro atoms. The van der Waals surface area contributed by atoms with Crippen LogP contribution in [0, 0.1) is 11.8 Å². The lowest BCUT2D eigenvalue weighted by molar-refractivity contribution is -0.0466. The normalized spacial score (nSPS) is 26.8. The first-order valence-corrected chi connectivity index (χ1v) is 11.5. The Bertz CT molecular complexity index is 925. The fourth-order valence-corrected chi connectivity index (χ4v) is 5.68. The molecule has 4 rings (SSSR count). The highest BCUT2D eigenvalue weighted by Crippen LogP contribution is 2.47. The van der Waals surface area contributed by atoms with E-state index in [0.717, 1.165) is 23.6 Å². The summed E-state index contributed by atoms with van der Waals surface area (Å²) in [5, 5.41) is 9.87. The number of aliphatic imine (C=N–C) groups is 1. The van der Waals surface area contributed by atoms with Crippen molar-refractivity contribution >= 4 is 40.0 Å². The van der Waals surface area contributed by atoms with Gasteiger partial charge in [0.1, 0.15) is 22.1 Å². The van der Waals surface area contributed by atoms with Crippen LogP contribution in [0.1, 0.15) is 48.4 Å². The number of amidine groups is 1. The third-order valence-corrected chi connectivity index (χ3v) is 7.10. The van der Waals surface area contributed by atoms with Crippen LogP contribution in [0.3, 0.4) is 0 Å². The highest BCUT2D eigenvalue weighted by atomic mass is 32.2. The monoisotopic (exact) mass is 435 g/mol. The smallest absolute Gasteiger partial charge is 0.279 e. The molecule has 0 bridgehead atoms. The van der Waals surface area contributed by atoms with Crippen molar-refractivity contribution in [3.63, 3.8) is 0 Å². The number of nitrogens with one attached hydrogen (secondary N) is 1. The van der Waals surface area contributed by atoms with E-state index >= 15 is 0 Å². The zero-order valence-electron chi connectivity index (χ0n) is 16.7. The van der Waals surface area contributed by atoms with Gasteiger partial charge < -0.3 is 20.3 Å². The molecule has 3 N–H and O–H groups in total. The number of carbonyl (C=O) groups excluding carboxylic acids is 1. The summed E-state index contributed by atoms with van der Waals surface area (Å²) in [5.74, 6) is 2.44. The van der Waals surface area contributed by atoms with E-state index in [2.05, 4.69) is 36.2 Å². The summed E-state index contributed by atoms with van der Waals surface area (Å²) in [4.78, 5) is 22.0. The summed E-state index contributed by atoms with van der Waals surface area (Å²) < 4.78 is 11.2. The number of thioether (sulfide) groups is 1. The topological polar surface area (TPSA) is 116 Å². The SMILES string of the molecule is CC(C)Cc1cc(C(=O)Nc2csc(C34CO[C@@H](C)C[C@H]3CSC(N)=N4)n2)no1. The second-order valence-corrected chi connectivity index (χ2v) is 9.91. The molecule has 0 radical (unpaired) electrons. The van der Waals surface area contributed by atoms with E-state index in [-0.39, 0.29) is 17.7 Å². The molecule has 2 aromatic heterocycles. The van der Waals surface area contributed by atoms with Gasteiger partial charge in [-0.15, -0.1) is 11.3 Å². The van der Waals surface area contributed by atoms with Crippen molar-refractivity contribution < 1.29 is 14.1 Å². The minimum absolute atomic E-state index is 0.189. The molecule has 156 valence electrons. The molecule has 29 heavy (non-hydrogen) atoms. The quantitative estimate of drug-likeness (QED) is 0.740. The summed E-state index contributed by atoms with van der Waals surface area (Å²) in [6, 6.07) is 1.68. The van der Waals surface area contributed by atoms with Crippen molar-refractivity contribution in [3.05, 3.63) is 27.9 Å². The minimum Gasteiger partial charge on any atom is -0.379 e. The lowest BCUT2D eigenvalue weighted by Gasteiger charge is -2.44. The highest BCUT2D eigenvalue weighted by molar-refractivity contribution is 8.13. The molecule has 2 aliphatic rings. The molecule has 10 heteroatoms. The first kappa shape index (κ1) is 20.4. The molecule has 1 amide bonds. The number of fused-ring (bicyclic) bond motifs is 1. The minimum atomic E-state index is -0.576. The van der Waals surface area contributed by atoms with Crippen LogP contribution >= 0.6 is 23.1 Å². The zero-order chi connectivity index (χ0) is 20.6. The van der Waals surface area contributed by atoms with Crippen LogP contribution in [0.15, 0.2) is 21.0 Å². The second-order valence-electron chi connectivity index (χ2n) is 8.01. The molecule has 2 aliphatic heterocycles. The van der Waals surface area contributed by atoms with Gasteiger partial charge in [-0.05, 0) is 19.3 Å². The van der Waals surface area contributed by atoms with Crippen molar-refractivity contribution in [2.75, 3.05) is 17.7 Å². The van der Waals surface area contributed by atoms with Gasteiger partial charge in [0, 0.05) is 29.5 Å². The van der Waals surface area contributed by atoms with Crippen LogP contribution in [0.4, 0.5) is 5.82 Å². The lowest BCUT2D eigenvalue weighted by Crippen LogP contribution is -2.49. The predicted molar refractivity (Wildman–Crippen MR) is 114 cm³/mol. The Balaban J connectivity index is 1.52. The molecule has 0 aliphatic carbocycles. The van der Waals surface area contributed by atoms with Gasteiger partial charge in [0.2, 0.25) is 0 Å². The summed E-state index contributed by atoms with van der Waals surface area (Å²) >= 11 is 3.05. The van der Waals surface area contributed by atoms with Crippen molar-refractivity contribution in [1.29, 1.82) is 0 Å². The summed E-state index contributed by atoms with van der Waals surface area (Å²) in [5.41, 5.74) is 5.72. The maximum Gasteiger partial charge on any atom is 0.279 e. The number of nitrogens with two attached hydrogens (primary N) is 1. The molecule has 0 aromatic carbocycles. The Kier molecular flexibility index (Phi) is 5.67. The van der Waals surface area contributed by atoms with Gasteiger partial charge in [0.15, 0.2) is 10.9 Å². The Morgan fingerprint density at radius 1 is 1.48 bits per heavy atom. The van der Waals surface area contributed by atoms with Crippen molar-refractivity contribution in [1.82, 2.24) is 10.1 Å². The van der Waals surface area contributed by atoms with E-state index < -0.39 is 5.54 Å². The van der Waals surface area contributed by atoms with E-state index in [0.29, 0.717) is 35.2 Å². The van der Waals surface area contributed by atoms with Crippen LogP contribution in [-0.4, -0.2) is 39.7 Å². The van der Waals surface area contributed by atoms with E-state index in [1.807, 2.05) is 5.38 Å². The Morgan fingerprint density at radius 2 is 2.31 bits per heavy atom. The average molecular weight is 436 g/mol. The summed E-state index contributed by atoms with van der Waals surface area (Å²) in [6.45, 7) is 6.69. The molecular weight excluding hydrogens is 410 g/mol. The number of anilines is 1. The first-order valence-electron chi connectivity index (χ1n) is 9.68. The predicted octanol–water partition coefficient (Wildman–Crippen LogP) is 3.26. The molecule has 4 heterocycles. The molecule has 1 fully saturated rings. The van der Waals surface area contributed by atoms with Crippen molar-refractivity contribution in [2.45, 2.75) is 45.3 Å². The number of amides is 1. The zero-order valence-corrected chi connectivity index (χ0v) is 18.3. The number of nitrogens with zero attached hydrogens (tertiary/aromatic N) is 3. The number of aromatic nitrogens is 2. The number of hydrogen-bond donors (Lipinski definition) is 2. The Labute approximate surface area is 177 Å². The number of ether oxygens (including phenoxy) is 1. The van der Waals surface area contributed by atoms with E-state index in [9.17, 15) is 4.79 Å². The van der Waals surface area contributed by atoms with Crippen LogP contribution in [-0.2, 0) is 16.7 Å².